The molecular formula is C18H30N4O4. The number of carboxylic acid groups (broad SMARTS) is 1. The van der Waals surface area contributed by atoms with Crippen molar-refractivity contribution < 1.29 is 19.2 Å². The first-order chi connectivity index (χ1) is 12.4. The Morgan fingerprint density at radius 1 is 1.46 bits per heavy atom. The first-order valence-corrected chi connectivity index (χ1v) is 9.31. The second-order valence-electron chi connectivity index (χ2n) is 7.05. The highest BCUT2D eigenvalue weighted by atomic mass is 16.5. The van der Waals surface area contributed by atoms with Crippen molar-refractivity contribution in [3.8, 4) is 0 Å². The van der Waals surface area contributed by atoms with E-state index in [4.69, 9.17) is 9.63 Å². The molecule has 0 aromatic carbocycles. The van der Waals surface area contributed by atoms with Crippen LogP contribution in [0.2, 0.25) is 0 Å². The summed E-state index contributed by atoms with van der Waals surface area (Å²) >= 11 is 0. The lowest BCUT2D eigenvalue weighted by Crippen LogP contribution is -2.51. The number of aromatic nitrogens is 1. The molecule has 8 nitrogen and oxygen atoms in total. The van der Waals surface area contributed by atoms with Gasteiger partial charge in [-0.15, -0.1) is 0 Å². The third kappa shape index (κ3) is 5.81. The number of aryl methyl sites for hydroxylation is 1. The number of carboxylic acids is 1. The molecule has 1 aliphatic rings. The second-order valence-corrected chi connectivity index (χ2v) is 7.05. The smallest absolute Gasteiger partial charge is 0.317 e. The van der Waals surface area contributed by atoms with E-state index in [0.29, 0.717) is 11.6 Å². The number of likely N-dealkylation sites (N-methyl/N-ethyl adjacent to an activating group) is 1. The summed E-state index contributed by atoms with van der Waals surface area (Å²) in [5.41, 5.74) is 0. The minimum Gasteiger partial charge on any atom is -0.480 e. The molecule has 1 fully saturated rings. The number of rotatable bonds is 9. The van der Waals surface area contributed by atoms with Gasteiger partial charge in [0.25, 0.3) is 0 Å². The van der Waals surface area contributed by atoms with Crippen molar-refractivity contribution >= 4 is 17.7 Å². The van der Waals surface area contributed by atoms with E-state index in [2.05, 4.69) is 22.3 Å². The summed E-state index contributed by atoms with van der Waals surface area (Å²) in [7, 11) is 1.85. The lowest BCUT2D eigenvalue weighted by Gasteiger charge is -2.39. The van der Waals surface area contributed by atoms with Gasteiger partial charge in [-0.2, -0.15) is 0 Å². The van der Waals surface area contributed by atoms with E-state index >= 15 is 0 Å². The average Bonchev–Trinajstić information content (AvgIpc) is 3.00. The zero-order chi connectivity index (χ0) is 19.1. The Kier molecular flexibility index (Phi) is 7.59. The largest absolute Gasteiger partial charge is 0.480 e. The lowest BCUT2D eigenvalue weighted by molar-refractivity contribution is -0.138. The molecule has 1 aromatic rings. The van der Waals surface area contributed by atoms with Crippen LogP contribution in [0.25, 0.3) is 0 Å². The van der Waals surface area contributed by atoms with Gasteiger partial charge in [0.15, 0.2) is 5.82 Å². The monoisotopic (exact) mass is 366 g/mol. The molecule has 1 aromatic heterocycles. The maximum Gasteiger partial charge on any atom is 0.317 e. The van der Waals surface area contributed by atoms with Gasteiger partial charge < -0.3 is 14.9 Å². The van der Waals surface area contributed by atoms with Crippen molar-refractivity contribution in [2.75, 3.05) is 32.0 Å². The van der Waals surface area contributed by atoms with Crippen molar-refractivity contribution in [2.45, 2.75) is 58.0 Å². The number of nitrogens with zero attached hydrogens (tertiary/aromatic N) is 3. The summed E-state index contributed by atoms with van der Waals surface area (Å²) in [6, 6.07) is 1.76. The quantitative estimate of drug-likeness (QED) is 0.689. The number of anilines is 1. The standard InChI is InChI=1S/C18H30N4O4/c1-4-5-6-15(18(25)19-16-11-13(2)26-20-16)22-9-7-14(8-10-22)21(3)12-17(23)24/h11,14-15H,4-10,12H2,1-3H3,(H,23,24)(H,19,20,25). The Morgan fingerprint density at radius 3 is 2.69 bits per heavy atom. The van der Waals surface area contributed by atoms with Crippen LogP contribution in [0.3, 0.4) is 0 Å². The van der Waals surface area contributed by atoms with Gasteiger partial charge >= 0.3 is 5.97 Å². The van der Waals surface area contributed by atoms with Gasteiger partial charge in [0.2, 0.25) is 5.91 Å². The number of piperidine rings is 1. The van der Waals surface area contributed by atoms with E-state index in [1.54, 1.807) is 13.0 Å². The van der Waals surface area contributed by atoms with E-state index < -0.39 is 5.97 Å². The van der Waals surface area contributed by atoms with Crippen LogP contribution in [0, 0.1) is 6.92 Å². The van der Waals surface area contributed by atoms with E-state index in [1.165, 1.54) is 0 Å². The molecular weight excluding hydrogens is 336 g/mol. The molecule has 0 radical (unpaired) electrons. The molecule has 2 rings (SSSR count). The minimum absolute atomic E-state index is 0.0515. The Morgan fingerprint density at radius 2 is 2.15 bits per heavy atom. The molecule has 1 aliphatic heterocycles. The Hall–Kier alpha value is -1.93. The molecule has 1 unspecified atom stereocenters. The average molecular weight is 366 g/mol. The topological polar surface area (TPSA) is 98.9 Å². The van der Waals surface area contributed by atoms with Crippen LogP contribution in [0.4, 0.5) is 5.82 Å². The number of carbonyl (C=O) groups is 2. The third-order valence-electron chi connectivity index (χ3n) is 4.96. The highest BCUT2D eigenvalue weighted by Crippen LogP contribution is 2.21. The highest BCUT2D eigenvalue weighted by Gasteiger charge is 2.31. The van der Waals surface area contributed by atoms with Crippen molar-refractivity contribution in [3.05, 3.63) is 11.8 Å². The minimum atomic E-state index is -0.807. The van der Waals surface area contributed by atoms with Crippen molar-refractivity contribution in [2.24, 2.45) is 0 Å². The molecule has 1 amide bonds. The fraction of sp³-hybridized carbons (Fsp3) is 0.722. The van der Waals surface area contributed by atoms with Crippen LogP contribution in [0.5, 0.6) is 0 Å². The van der Waals surface area contributed by atoms with Gasteiger partial charge in [-0.1, -0.05) is 24.9 Å². The van der Waals surface area contributed by atoms with Crippen molar-refractivity contribution in [1.29, 1.82) is 0 Å². The second kappa shape index (κ2) is 9.68. The molecule has 8 heteroatoms. The Balaban J connectivity index is 1.94. The lowest BCUT2D eigenvalue weighted by atomic mass is 9.99. The van der Waals surface area contributed by atoms with E-state index in [0.717, 1.165) is 45.2 Å². The summed E-state index contributed by atoms with van der Waals surface area (Å²) in [4.78, 5) is 27.8. The molecule has 2 heterocycles. The number of unbranched alkanes of at least 4 members (excludes halogenated alkanes) is 1. The number of aliphatic carboxylic acids is 1. The van der Waals surface area contributed by atoms with Crippen molar-refractivity contribution in [3.63, 3.8) is 0 Å². The molecule has 2 N–H and O–H groups in total. The normalized spacial score (nSPS) is 17.4. The number of amides is 1. The molecule has 26 heavy (non-hydrogen) atoms. The molecule has 146 valence electrons. The van der Waals surface area contributed by atoms with E-state index in [9.17, 15) is 9.59 Å². The first-order valence-electron chi connectivity index (χ1n) is 9.31. The number of hydrogen-bond donors (Lipinski definition) is 2. The zero-order valence-corrected chi connectivity index (χ0v) is 15.9. The van der Waals surface area contributed by atoms with Crippen LogP contribution in [0.15, 0.2) is 10.6 Å². The maximum atomic E-state index is 12.8. The van der Waals surface area contributed by atoms with E-state index in [-0.39, 0.29) is 24.5 Å². The summed E-state index contributed by atoms with van der Waals surface area (Å²) in [5, 5.41) is 15.6. The SMILES string of the molecule is CCCCC(C(=O)Nc1cc(C)on1)N1CCC(N(C)CC(=O)O)CC1. The number of carbonyl (C=O) groups excluding carboxylic acids is 1. The van der Waals surface area contributed by atoms with Crippen molar-refractivity contribution in [1.82, 2.24) is 15.0 Å². The summed E-state index contributed by atoms with van der Waals surface area (Å²) in [6.45, 7) is 5.52. The Bertz CT molecular complexity index is 596. The summed E-state index contributed by atoms with van der Waals surface area (Å²) in [5.74, 6) is 0.250. The van der Waals surface area contributed by atoms with Crippen LogP contribution in [-0.4, -0.2) is 70.7 Å². The third-order valence-corrected chi connectivity index (χ3v) is 4.96. The number of likely N-dealkylation sites (tertiary alicyclic amines) is 1. The first kappa shape index (κ1) is 20.4. The molecule has 1 saturated heterocycles. The van der Waals surface area contributed by atoms with Crippen LogP contribution >= 0.6 is 0 Å². The van der Waals surface area contributed by atoms with Gasteiger partial charge in [0.05, 0.1) is 12.6 Å². The predicted octanol–water partition coefficient (Wildman–Crippen LogP) is 1.96. The molecule has 0 aliphatic carbocycles. The van der Waals surface area contributed by atoms with Gasteiger partial charge in [-0.3, -0.25) is 19.4 Å². The fourth-order valence-electron chi connectivity index (χ4n) is 3.49. The number of nitrogens with one attached hydrogen (secondary N) is 1. The van der Waals surface area contributed by atoms with Crippen LogP contribution < -0.4 is 5.32 Å². The zero-order valence-electron chi connectivity index (χ0n) is 15.9. The Labute approximate surface area is 154 Å². The van der Waals surface area contributed by atoms with Gasteiger partial charge in [-0.25, -0.2) is 0 Å². The van der Waals surface area contributed by atoms with Crippen LogP contribution in [-0.2, 0) is 9.59 Å². The number of hydrogen-bond acceptors (Lipinski definition) is 6. The summed E-state index contributed by atoms with van der Waals surface area (Å²) < 4.78 is 5.01. The molecule has 0 bridgehead atoms. The fourth-order valence-corrected chi connectivity index (χ4v) is 3.49. The van der Waals surface area contributed by atoms with Gasteiger partial charge in [0.1, 0.15) is 5.76 Å². The predicted molar refractivity (Wildman–Crippen MR) is 98.0 cm³/mol. The van der Waals surface area contributed by atoms with Gasteiger partial charge in [0, 0.05) is 25.2 Å². The van der Waals surface area contributed by atoms with E-state index in [1.807, 2.05) is 11.9 Å². The summed E-state index contributed by atoms with van der Waals surface area (Å²) in [6.07, 6.45) is 4.54. The molecule has 0 saturated carbocycles. The highest BCUT2D eigenvalue weighted by molar-refractivity contribution is 5.94. The molecule has 1 atom stereocenters. The molecule has 0 spiro atoms. The van der Waals surface area contributed by atoms with Gasteiger partial charge in [-0.05, 0) is 33.2 Å². The maximum absolute atomic E-state index is 12.8. The van der Waals surface area contributed by atoms with Crippen LogP contribution in [0.1, 0.15) is 44.8 Å².